The van der Waals surface area contributed by atoms with Crippen molar-refractivity contribution in [2.45, 2.75) is 6.04 Å². The second kappa shape index (κ2) is 7.72. The molecule has 0 N–H and O–H groups in total. The van der Waals surface area contributed by atoms with Crippen molar-refractivity contribution in [3.63, 3.8) is 0 Å². The molecule has 2 heterocycles. The lowest BCUT2D eigenvalue weighted by Gasteiger charge is -2.28. The molecule has 1 unspecified atom stereocenters. The summed E-state index contributed by atoms with van der Waals surface area (Å²) in [6.45, 7) is 0.364. The number of rotatable bonds is 6. The number of para-hydroxylation sites is 1. The Bertz CT molecular complexity index is 818. The number of hydrogen-bond acceptors (Lipinski definition) is 4. The molecule has 0 saturated heterocycles. The molecule has 0 saturated carbocycles. The fraction of sp³-hybridized carbons (Fsp3) is 0.211. The number of benzene rings is 1. The molecule has 6 nitrogen and oxygen atoms in total. The molecule has 0 aliphatic rings. The second-order valence-electron chi connectivity index (χ2n) is 5.61. The van der Waals surface area contributed by atoms with E-state index < -0.39 is 0 Å². The van der Waals surface area contributed by atoms with Crippen molar-refractivity contribution < 1.29 is 9.53 Å². The van der Waals surface area contributed by atoms with Gasteiger partial charge in [-0.2, -0.15) is 5.10 Å². The number of hydrogen-bond donors (Lipinski definition) is 0. The molecule has 0 fully saturated rings. The van der Waals surface area contributed by atoms with Gasteiger partial charge in [0.25, 0.3) is 5.91 Å². The molecule has 0 bridgehead atoms. The summed E-state index contributed by atoms with van der Waals surface area (Å²) in [5.41, 5.74) is 2.10. The molecule has 1 amide bonds. The molecule has 0 aliphatic heterocycles. The summed E-state index contributed by atoms with van der Waals surface area (Å²) in [5.74, 6) is -0.112. The highest BCUT2D eigenvalue weighted by molar-refractivity contribution is 5.97. The van der Waals surface area contributed by atoms with Crippen LogP contribution in [0.3, 0.4) is 0 Å². The first-order valence-corrected chi connectivity index (χ1v) is 7.98. The lowest BCUT2D eigenvalue weighted by molar-refractivity contribution is 0.0595. The van der Waals surface area contributed by atoms with Gasteiger partial charge in [0.2, 0.25) is 0 Å². The zero-order valence-corrected chi connectivity index (χ0v) is 14.2. The van der Waals surface area contributed by atoms with Crippen LogP contribution in [0.25, 0.3) is 5.69 Å². The Balaban J connectivity index is 1.94. The molecule has 0 spiro atoms. The first-order chi connectivity index (χ1) is 12.2. The van der Waals surface area contributed by atoms with Gasteiger partial charge in [0.15, 0.2) is 0 Å². The lowest BCUT2D eigenvalue weighted by atomic mass is 10.1. The summed E-state index contributed by atoms with van der Waals surface area (Å²) >= 11 is 0. The normalized spacial score (nSPS) is 11.9. The quantitative estimate of drug-likeness (QED) is 0.694. The topological polar surface area (TPSA) is 60.2 Å². The van der Waals surface area contributed by atoms with Gasteiger partial charge in [-0.3, -0.25) is 9.78 Å². The lowest BCUT2D eigenvalue weighted by Crippen LogP contribution is -2.34. The highest BCUT2D eigenvalue weighted by atomic mass is 16.5. The van der Waals surface area contributed by atoms with Crippen LogP contribution in [0.1, 0.15) is 22.1 Å². The number of carbonyl (C=O) groups is 1. The highest BCUT2D eigenvalue weighted by Crippen LogP contribution is 2.22. The van der Waals surface area contributed by atoms with E-state index in [2.05, 4.69) is 10.1 Å². The van der Waals surface area contributed by atoms with Crippen LogP contribution in [-0.4, -0.2) is 46.3 Å². The molecule has 6 heteroatoms. The maximum Gasteiger partial charge on any atom is 0.256 e. The molecular formula is C19H20N4O2. The predicted molar refractivity (Wildman–Crippen MR) is 94.5 cm³/mol. The number of methoxy groups -OCH3 is 1. The van der Waals surface area contributed by atoms with Crippen molar-refractivity contribution >= 4 is 5.91 Å². The Morgan fingerprint density at radius 3 is 2.64 bits per heavy atom. The zero-order chi connectivity index (χ0) is 17.6. The third kappa shape index (κ3) is 3.59. The minimum atomic E-state index is -0.274. The van der Waals surface area contributed by atoms with Gasteiger partial charge in [0.1, 0.15) is 0 Å². The van der Waals surface area contributed by atoms with E-state index in [1.54, 1.807) is 42.2 Å². The molecular weight excluding hydrogens is 316 g/mol. The van der Waals surface area contributed by atoms with E-state index in [-0.39, 0.29) is 11.9 Å². The first-order valence-electron chi connectivity index (χ1n) is 7.98. The maximum atomic E-state index is 13.2. The Hall–Kier alpha value is -2.99. The SMILES string of the molecule is COCC(c1ccccn1)N(C)C(=O)c1ccccc1-n1cccn1. The smallest absolute Gasteiger partial charge is 0.256 e. The zero-order valence-electron chi connectivity index (χ0n) is 14.2. The van der Waals surface area contributed by atoms with Gasteiger partial charge >= 0.3 is 0 Å². The van der Waals surface area contributed by atoms with Crippen LogP contribution in [0.4, 0.5) is 0 Å². The number of likely N-dealkylation sites (N-methyl/N-ethyl adjacent to an activating group) is 1. The van der Waals surface area contributed by atoms with Crippen molar-refractivity contribution in [3.05, 3.63) is 78.4 Å². The van der Waals surface area contributed by atoms with Crippen LogP contribution in [0.15, 0.2) is 67.1 Å². The van der Waals surface area contributed by atoms with Gasteiger partial charge in [-0.25, -0.2) is 4.68 Å². The van der Waals surface area contributed by atoms with Crippen LogP contribution in [-0.2, 0) is 4.74 Å². The second-order valence-corrected chi connectivity index (χ2v) is 5.61. The molecule has 0 radical (unpaired) electrons. The number of aromatic nitrogens is 3. The fourth-order valence-corrected chi connectivity index (χ4v) is 2.72. The van der Waals surface area contributed by atoms with Crippen molar-refractivity contribution in [3.8, 4) is 5.69 Å². The van der Waals surface area contributed by atoms with Gasteiger partial charge in [-0.1, -0.05) is 18.2 Å². The monoisotopic (exact) mass is 336 g/mol. The van der Waals surface area contributed by atoms with E-state index in [1.165, 1.54) is 0 Å². The van der Waals surface area contributed by atoms with Crippen molar-refractivity contribution in [1.29, 1.82) is 0 Å². The van der Waals surface area contributed by atoms with Gasteiger partial charge in [-0.05, 0) is 30.3 Å². The van der Waals surface area contributed by atoms with E-state index in [0.29, 0.717) is 12.2 Å². The first kappa shape index (κ1) is 16.9. The van der Waals surface area contributed by atoms with Crippen molar-refractivity contribution in [1.82, 2.24) is 19.7 Å². The molecule has 3 aromatic rings. The summed E-state index contributed by atoms with van der Waals surface area (Å²) in [4.78, 5) is 19.2. The highest BCUT2D eigenvalue weighted by Gasteiger charge is 2.25. The summed E-state index contributed by atoms with van der Waals surface area (Å²) in [7, 11) is 3.38. The molecule has 1 aromatic carbocycles. The number of nitrogens with zero attached hydrogens (tertiary/aromatic N) is 4. The minimum absolute atomic E-state index is 0.112. The van der Waals surface area contributed by atoms with E-state index in [1.807, 2.05) is 48.7 Å². The Morgan fingerprint density at radius 2 is 1.96 bits per heavy atom. The van der Waals surface area contributed by atoms with E-state index in [9.17, 15) is 4.79 Å². The summed E-state index contributed by atoms with van der Waals surface area (Å²) in [5, 5.41) is 4.24. The third-order valence-corrected chi connectivity index (χ3v) is 4.03. The molecule has 128 valence electrons. The van der Waals surface area contributed by atoms with Gasteiger partial charge in [-0.15, -0.1) is 0 Å². The Kier molecular flexibility index (Phi) is 5.20. The summed E-state index contributed by atoms with van der Waals surface area (Å²) in [6.07, 6.45) is 5.22. The number of pyridine rings is 1. The number of carbonyl (C=O) groups excluding carboxylic acids is 1. The van der Waals surface area contributed by atoms with Crippen LogP contribution in [0, 0.1) is 0 Å². The van der Waals surface area contributed by atoms with Crippen molar-refractivity contribution in [2.75, 3.05) is 20.8 Å². The molecule has 1 atom stereocenters. The molecule has 3 rings (SSSR count). The number of ether oxygens (including phenoxy) is 1. The standard InChI is InChI=1S/C19H20N4O2/c1-22(18(14-25-2)16-9-5-6-11-20-16)19(24)15-8-3-4-10-17(15)23-13-7-12-21-23/h3-13,18H,14H2,1-2H3. The average Bonchev–Trinajstić information content (AvgIpc) is 3.20. The largest absolute Gasteiger partial charge is 0.382 e. The van der Waals surface area contributed by atoms with E-state index in [0.717, 1.165) is 11.4 Å². The van der Waals surface area contributed by atoms with Gasteiger partial charge in [0, 0.05) is 32.7 Å². The minimum Gasteiger partial charge on any atom is -0.382 e. The summed E-state index contributed by atoms with van der Waals surface area (Å²) in [6, 6.07) is 14.6. The van der Waals surface area contributed by atoms with Gasteiger partial charge < -0.3 is 9.64 Å². The Labute approximate surface area is 146 Å². The van der Waals surface area contributed by atoms with Crippen LogP contribution < -0.4 is 0 Å². The molecule has 2 aromatic heterocycles. The van der Waals surface area contributed by atoms with Gasteiger partial charge in [0.05, 0.1) is 29.6 Å². The predicted octanol–water partition coefficient (Wildman–Crippen LogP) is 2.73. The number of amides is 1. The Morgan fingerprint density at radius 1 is 1.16 bits per heavy atom. The maximum absolute atomic E-state index is 13.2. The van der Waals surface area contributed by atoms with Crippen LogP contribution in [0.5, 0.6) is 0 Å². The van der Waals surface area contributed by atoms with Crippen LogP contribution in [0.2, 0.25) is 0 Å². The van der Waals surface area contributed by atoms with Crippen molar-refractivity contribution in [2.24, 2.45) is 0 Å². The average molecular weight is 336 g/mol. The third-order valence-electron chi connectivity index (χ3n) is 4.03. The molecule has 25 heavy (non-hydrogen) atoms. The fourth-order valence-electron chi connectivity index (χ4n) is 2.72. The van der Waals surface area contributed by atoms with E-state index >= 15 is 0 Å². The van der Waals surface area contributed by atoms with Crippen LogP contribution >= 0.6 is 0 Å². The molecule has 0 aliphatic carbocycles. The van der Waals surface area contributed by atoms with E-state index in [4.69, 9.17) is 4.74 Å². The summed E-state index contributed by atoms with van der Waals surface area (Å²) < 4.78 is 7.00.